The number of methoxy groups -OCH3 is 1. The Bertz CT molecular complexity index is 1300. The van der Waals surface area contributed by atoms with Gasteiger partial charge in [-0.25, -0.2) is 0 Å². The van der Waals surface area contributed by atoms with E-state index in [4.69, 9.17) is 4.74 Å². The fourth-order valence-corrected chi connectivity index (χ4v) is 4.67. The van der Waals surface area contributed by atoms with Crippen molar-refractivity contribution in [2.24, 2.45) is 0 Å². The highest BCUT2D eigenvalue weighted by molar-refractivity contribution is 8.04. The molecule has 0 atom stereocenters. The largest absolute Gasteiger partial charge is 0.496 e. The van der Waals surface area contributed by atoms with Crippen LogP contribution in [0.5, 0.6) is 5.75 Å². The van der Waals surface area contributed by atoms with Gasteiger partial charge in [0.15, 0.2) is 0 Å². The van der Waals surface area contributed by atoms with E-state index in [1.165, 1.54) is 28.8 Å². The van der Waals surface area contributed by atoms with Gasteiger partial charge in [-0.1, -0.05) is 42.1 Å². The molecular weight excluding hydrogens is 477 g/mol. The van der Waals surface area contributed by atoms with Crippen molar-refractivity contribution in [3.05, 3.63) is 93.9 Å². The number of hydrogen-bond acceptors (Lipinski definition) is 4. The van der Waals surface area contributed by atoms with Gasteiger partial charge in [-0.15, -0.1) is 0 Å². The number of carbonyl (C=O) groups is 2. The number of fused-ring (bicyclic) bond motifs is 1. The van der Waals surface area contributed by atoms with E-state index >= 15 is 0 Å². The Morgan fingerprint density at radius 2 is 1.80 bits per heavy atom. The van der Waals surface area contributed by atoms with Crippen molar-refractivity contribution in [2.45, 2.75) is 17.6 Å². The molecule has 3 aromatic rings. The van der Waals surface area contributed by atoms with Crippen LogP contribution in [0, 0.1) is 0 Å². The van der Waals surface area contributed by atoms with Crippen molar-refractivity contribution in [2.75, 3.05) is 19.1 Å². The van der Waals surface area contributed by atoms with Crippen molar-refractivity contribution in [1.82, 2.24) is 5.32 Å². The number of ether oxygens (including phenoxy) is 1. The van der Waals surface area contributed by atoms with E-state index in [1.54, 1.807) is 38.4 Å². The predicted octanol–water partition coefficient (Wildman–Crippen LogP) is 5.75. The van der Waals surface area contributed by atoms with E-state index in [9.17, 15) is 22.8 Å². The number of rotatable bonds is 5. The maximum absolute atomic E-state index is 12.9. The zero-order valence-corrected chi connectivity index (χ0v) is 19.7. The number of amides is 2. The fraction of sp³-hybridized carbons (Fsp3) is 0.154. The van der Waals surface area contributed by atoms with Gasteiger partial charge < -0.3 is 15.0 Å². The molecule has 0 saturated carbocycles. The van der Waals surface area contributed by atoms with Crippen molar-refractivity contribution in [1.29, 1.82) is 0 Å². The summed E-state index contributed by atoms with van der Waals surface area (Å²) in [6.07, 6.45) is -2.86. The molecule has 0 spiro atoms. The van der Waals surface area contributed by atoms with Crippen LogP contribution in [0.4, 0.5) is 18.9 Å². The van der Waals surface area contributed by atoms with E-state index in [1.807, 2.05) is 24.3 Å². The first-order valence-electron chi connectivity index (χ1n) is 10.6. The minimum absolute atomic E-state index is 0.281. The molecular formula is C26H21F3N2O3S. The van der Waals surface area contributed by atoms with Gasteiger partial charge in [0.25, 0.3) is 11.8 Å². The summed E-state index contributed by atoms with van der Waals surface area (Å²) in [6.45, 7) is 0.281. The van der Waals surface area contributed by atoms with E-state index in [0.29, 0.717) is 27.5 Å². The molecule has 2 amide bonds. The standard InChI is InChI=1S/C26H21F3N2O3S/c1-31-20-14-17(24(32)30-15-18-5-3-4-6-21(18)34-2)9-12-22(20)35-23(25(31)33)13-16-7-10-19(11-8-16)26(27,28)29/h3-14H,15H2,1-2H3,(H,30,32). The van der Waals surface area contributed by atoms with Gasteiger partial charge in [-0.05, 0) is 48.0 Å². The molecule has 9 heteroatoms. The zero-order valence-electron chi connectivity index (χ0n) is 18.8. The lowest BCUT2D eigenvalue weighted by Gasteiger charge is -2.27. The molecule has 180 valence electrons. The van der Waals surface area contributed by atoms with Gasteiger partial charge in [0, 0.05) is 29.6 Å². The Morgan fingerprint density at radius 1 is 1.09 bits per heavy atom. The molecule has 0 saturated heterocycles. The molecule has 0 fully saturated rings. The zero-order chi connectivity index (χ0) is 25.2. The quantitative estimate of drug-likeness (QED) is 0.455. The Kier molecular flexibility index (Phi) is 6.88. The summed E-state index contributed by atoms with van der Waals surface area (Å²) < 4.78 is 43.7. The average molecular weight is 499 g/mol. The monoisotopic (exact) mass is 498 g/mol. The summed E-state index contributed by atoms with van der Waals surface area (Å²) in [5.74, 6) is 0.0666. The van der Waals surface area contributed by atoms with Crippen molar-refractivity contribution in [3.8, 4) is 5.75 Å². The first kappa shape index (κ1) is 24.4. The van der Waals surface area contributed by atoms with Crippen molar-refractivity contribution in [3.63, 3.8) is 0 Å². The lowest BCUT2D eigenvalue weighted by atomic mass is 10.1. The predicted molar refractivity (Wildman–Crippen MR) is 129 cm³/mol. The topological polar surface area (TPSA) is 58.6 Å². The summed E-state index contributed by atoms with van der Waals surface area (Å²) in [6, 6.07) is 17.1. The minimum atomic E-state index is -4.42. The Balaban J connectivity index is 1.51. The first-order chi connectivity index (χ1) is 16.7. The molecule has 3 aromatic carbocycles. The number of para-hydroxylation sites is 1. The molecule has 0 unspecified atom stereocenters. The average Bonchev–Trinajstić information content (AvgIpc) is 2.85. The van der Waals surface area contributed by atoms with Crippen molar-refractivity contribution >= 4 is 35.3 Å². The molecule has 0 radical (unpaired) electrons. The lowest BCUT2D eigenvalue weighted by molar-refractivity contribution is -0.137. The SMILES string of the molecule is COc1ccccc1CNC(=O)c1ccc2c(c1)N(C)C(=O)C(=Cc1ccc(C(F)(F)F)cc1)S2. The number of hydrogen-bond donors (Lipinski definition) is 1. The number of nitrogens with one attached hydrogen (secondary N) is 1. The van der Waals surface area contributed by atoms with Crippen LogP contribution >= 0.6 is 11.8 Å². The van der Waals surface area contributed by atoms with E-state index in [0.717, 1.165) is 22.6 Å². The highest BCUT2D eigenvalue weighted by Gasteiger charge is 2.30. The second kappa shape index (κ2) is 9.87. The second-order valence-electron chi connectivity index (χ2n) is 7.77. The number of alkyl halides is 3. The highest BCUT2D eigenvalue weighted by atomic mass is 32.2. The minimum Gasteiger partial charge on any atom is -0.496 e. The molecule has 35 heavy (non-hydrogen) atoms. The summed E-state index contributed by atoms with van der Waals surface area (Å²) >= 11 is 1.21. The molecule has 0 aromatic heterocycles. The lowest BCUT2D eigenvalue weighted by Crippen LogP contribution is -2.31. The molecule has 1 aliphatic heterocycles. The first-order valence-corrected chi connectivity index (χ1v) is 11.4. The van der Waals surface area contributed by atoms with Crippen LogP contribution in [0.2, 0.25) is 0 Å². The van der Waals surface area contributed by atoms with Crippen LogP contribution in [0.15, 0.2) is 76.5 Å². The van der Waals surface area contributed by atoms with Crippen LogP contribution in [-0.2, 0) is 17.5 Å². The van der Waals surface area contributed by atoms with Crippen molar-refractivity contribution < 1.29 is 27.5 Å². The van der Waals surface area contributed by atoms with Crippen LogP contribution < -0.4 is 15.0 Å². The molecule has 5 nitrogen and oxygen atoms in total. The van der Waals surface area contributed by atoms with Gasteiger partial charge in [-0.3, -0.25) is 9.59 Å². The fourth-order valence-electron chi connectivity index (χ4n) is 3.58. The highest BCUT2D eigenvalue weighted by Crippen LogP contribution is 2.42. The van der Waals surface area contributed by atoms with E-state index in [2.05, 4.69) is 5.32 Å². The van der Waals surface area contributed by atoms with Crippen LogP contribution in [0.3, 0.4) is 0 Å². The molecule has 1 N–H and O–H groups in total. The van der Waals surface area contributed by atoms with Gasteiger partial charge in [0.1, 0.15) is 5.75 Å². The number of nitrogens with zero attached hydrogens (tertiary/aromatic N) is 1. The van der Waals surface area contributed by atoms with Crippen LogP contribution in [0.1, 0.15) is 27.0 Å². The Labute approximate surface area is 204 Å². The van der Waals surface area contributed by atoms with E-state index < -0.39 is 11.7 Å². The number of thioether (sulfide) groups is 1. The van der Waals surface area contributed by atoms with Gasteiger partial charge in [-0.2, -0.15) is 13.2 Å². The maximum Gasteiger partial charge on any atom is 0.416 e. The summed E-state index contributed by atoms with van der Waals surface area (Å²) in [4.78, 5) is 28.2. The normalized spacial score (nSPS) is 14.6. The Hall–Kier alpha value is -3.72. The van der Waals surface area contributed by atoms with Crippen LogP contribution in [-0.4, -0.2) is 26.0 Å². The maximum atomic E-state index is 12.9. The molecule has 1 aliphatic rings. The Morgan fingerprint density at radius 3 is 2.49 bits per heavy atom. The molecule has 0 aliphatic carbocycles. The number of likely N-dealkylation sites (N-methyl/N-ethyl adjacent to an activating group) is 1. The molecule has 4 rings (SSSR count). The van der Waals surface area contributed by atoms with E-state index in [-0.39, 0.29) is 18.4 Å². The number of halogens is 3. The molecule has 0 bridgehead atoms. The van der Waals surface area contributed by atoms with Gasteiger partial charge >= 0.3 is 6.18 Å². The summed E-state index contributed by atoms with van der Waals surface area (Å²) in [7, 11) is 3.16. The summed E-state index contributed by atoms with van der Waals surface area (Å²) in [5.41, 5.74) is 1.55. The molecule has 1 heterocycles. The van der Waals surface area contributed by atoms with Gasteiger partial charge in [0.2, 0.25) is 0 Å². The van der Waals surface area contributed by atoms with Gasteiger partial charge in [0.05, 0.1) is 23.3 Å². The second-order valence-corrected chi connectivity index (χ2v) is 8.86. The number of anilines is 1. The van der Waals surface area contributed by atoms with Crippen LogP contribution in [0.25, 0.3) is 6.08 Å². The third-order valence-corrected chi connectivity index (χ3v) is 6.56. The summed E-state index contributed by atoms with van der Waals surface area (Å²) in [5, 5.41) is 2.86. The third kappa shape index (κ3) is 5.35. The third-order valence-electron chi connectivity index (χ3n) is 5.49. The smallest absolute Gasteiger partial charge is 0.416 e. The number of carbonyl (C=O) groups excluding carboxylic acids is 2. The number of benzene rings is 3.